The summed E-state index contributed by atoms with van der Waals surface area (Å²) >= 11 is 3.19. The largest absolute Gasteiger partial charge is 0.460 e. The van der Waals surface area contributed by atoms with E-state index in [2.05, 4.69) is 15.9 Å². The van der Waals surface area contributed by atoms with Crippen LogP contribution in [0.5, 0.6) is 5.75 Å². The minimum Gasteiger partial charge on any atom is -0.460 e. The zero-order chi connectivity index (χ0) is 20.1. The summed E-state index contributed by atoms with van der Waals surface area (Å²) in [6.45, 7) is 2.09. The number of ether oxygens (including phenoxy) is 3. The molecule has 0 radical (unpaired) electrons. The van der Waals surface area contributed by atoms with Crippen molar-refractivity contribution in [3.63, 3.8) is 0 Å². The van der Waals surface area contributed by atoms with E-state index in [1.54, 1.807) is 37.3 Å². The number of carbonyl (C=O) groups excluding carboxylic acids is 2. The van der Waals surface area contributed by atoms with Gasteiger partial charge in [-0.1, -0.05) is 0 Å². The van der Waals surface area contributed by atoms with Crippen molar-refractivity contribution in [2.24, 2.45) is 0 Å². The number of hydrogen-bond acceptors (Lipinski definition) is 7. The van der Waals surface area contributed by atoms with Crippen LogP contribution in [-0.2, 0) is 14.3 Å². The Kier molecular flexibility index (Phi) is 6.33. The Labute approximate surface area is 169 Å². The first-order valence-electron chi connectivity index (χ1n) is 8.32. The van der Waals surface area contributed by atoms with Gasteiger partial charge in [0.05, 0.1) is 6.61 Å². The number of aryl methyl sites for hydroxylation is 1. The maximum absolute atomic E-state index is 12.3. The predicted octanol–water partition coefficient (Wildman–Crippen LogP) is 4.52. The van der Waals surface area contributed by atoms with Crippen molar-refractivity contribution in [1.82, 2.24) is 0 Å². The van der Waals surface area contributed by atoms with E-state index in [-0.39, 0.29) is 12.4 Å². The van der Waals surface area contributed by atoms with E-state index in [9.17, 15) is 9.59 Å². The van der Waals surface area contributed by atoms with Gasteiger partial charge in [-0.05, 0) is 59.3 Å². The summed E-state index contributed by atoms with van der Waals surface area (Å²) in [5.41, 5.74) is 0.784. The van der Waals surface area contributed by atoms with E-state index in [0.29, 0.717) is 39.3 Å². The highest BCUT2D eigenvalue weighted by molar-refractivity contribution is 9.10. The van der Waals surface area contributed by atoms with Gasteiger partial charge < -0.3 is 23.0 Å². The zero-order valence-corrected chi connectivity index (χ0v) is 16.8. The summed E-state index contributed by atoms with van der Waals surface area (Å²) in [6.07, 6.45) is 2.74. The quantitative estimate of drug-likeness (QED) is 0.227. The topological polar surface area (TPSA) is 88.1 Å². The second-order valence-electron chi connectivity index (χ2n) is 5.72. The normalized spacial score (nSPS) is 11.2. The molecule has 0 atom stereocenters. The molecule has 0 spiro atoms. The van der Waals surface area contributed by atoms with Crippen LogP contribution in [-0.4, -0.2) is 32.3 Å². The average Bonchev–Trinajstić information content (AvgIpc) is 3.22. The van der Waals surface area contributed by atoms with E-state index < -0.39 is 11.9 Å². The molecule has 0 bridgehead atoms. The van der Waals surface area contributed by atoms with Crippen LogP contribution in [0.1, 0.15) is 21.9 Å². The molecule has 0 amide bonds. The molecular weight excluding hydrogens is 432 g/mol. The van der Waals surface area contributed by atoms with E-state index >= 15 is 0 Å². The Balaban J connectivity index is 1.77. The van der Waals surface area contributed by atoms with Crippen molar-refractivity contribution in [2.75, 3.05) is 20.3 Å². The van der Waals surface area contributed by atoms with Crippen molar-refractivity contribution in [2.45, 2.75) is 6.92 Å². The Morgan fingerprint density at radius 1 is 1.14 bits per heavy atom. The molecule has 146 valence electrons. The lowest BCUT2D eigenvalue weighted by molar-refractivity contribution is -0.128. The number of methoxy groups -OCH3 is 1. The second kappa shape index (κ2) is 8.90. The third-order valence-corrected chi connectivity index (χ3v) is 4.18. The van der Waals surface area contributed by atoms with Crippen LogP contribution in [0.15, 0.2) is 49.9 Å². The van der Waals surface area contributed by atoms with Gasteiger partial charge >= 0.3 is 11.9 Å². The first-order valence-corrected chi connectivity index (χ1v) is 9.11. The standard InChI is InChI=1S/C20H17BrO7/c1-12-19(20(23)25-10-9-24-2)15-11-14(3-6-16(15)26-12)28-18(22)8-5-13-4-7-17(21)27-13/h3-8,11H,9-10H2,1-2H3/b8-5+. The van der Waals surface area contributed by atoms with Crippen molar-refractivity contribution in [3.8, 4) is 5.75 Å². The number of hydrogen-bond donors (Lipinski definition) is 0. The molecule has 3 aromatic rings. The minimum atomic E-state index is -0.587. The highest BCUT2D eigenvalue weighted by Crippen LogP contribution is 2.30. The summed E-state index contributed by atoms with van der Waals surface area (Å²) < 4.78 is 26.8. The number of benzene rings is 1. The van der Waals surface area contributed by atoms with Gasteiger partial charge in [-0.25, -0.2) is 9.59 Å². The molecule has 0 N–H and O–H groups in total. The number of esters is 2. The maximum Gasteiger partial charge on any atom is 0.342 e. The van der Waals surface area contributed by atoms with Gasteiger partial charge in [-0.2, -0.15) is 0 Å². The summed E-state index contributed by atoms with van der Waals surface area (Å²) in [6, 6.07) is 8.20. The van der Waals surface area contributed by atoms with Gasteiger partial charge in [-0.3, -0.25) is 0 Å². The first kappa shape index (κ1) is 19.9. The lowest BCUT2D eigenvalue weighted by Crippen LogP contribution is -2.10. The summed E-state index contributed by atoms with van der Waals surface area (Å²) in [4.78, 5) is 24.4. The molecule has 0 saturated heterocycles. The van der Waals surface area contributed by atoms with Gasteiger partial charge in [0.15, 0.2) is 4.67 Å². The van der Waals surface area contributed by atoms with Crippen LogP contribution in [0.25, 0.3) is 17.0 Å². The number of fused-ring (bicyclic) bond motifs is 1. The van der Waals surface area contributed by atoms with Crippen molar-refractivity contribution in [1.29, 1.82) is 0 Å². The molecule has 2 heterocycles. The molecule has 0 unspecified atom stereocenters. The summed E-state index contributed by atoms with van der Waals surface area (Å²) in [7, 11) is 1.52. The van der Waals surface area contributed by atoms with Crippen molar-refractivity contribution >= 4 is 44.9 Å². The molecule has 8 heteroatoms. The third kappa shape index (κ3) is 4.71. The molecule has 0 aliphatic carbocycles. The van der Waals surface area contributed by atoms with E-state index in [1.807, 2.05) is 0 Å². The molecule has 28 heavy (non-hydrogen) atoms. The monoisotopic (exact) mass is 448 g/mol. The van der Waals surface area contributed by atoms with Crippen LogP contribution in [0, 0.1) is 6.92 Å². The highest BCUT2D eigenvalue weighted by Gasteiger charge is 2.20. The fourth-order valence-corrected chi connectivity index (χ4v) is 2.84. The van der Waals surface area contributed by atoms with Gasteiger partial charge in [0, 0.05) is 18.6 Å². The number of carbonyl (C=O) groups is 2. The SMILES string of the molecule is COCCOC(=O)c1c(C)oc2ccc(OC(=O)/C=C/c3ccc(Br)o3)cc12. The molecular formula is C20H17BrO7. The van der Waals surface area contributed by atoms with Gasteiger partial charge in [0.1, 0.15) is 35.0 Å². The Hall–Kier alpha value is -2.84. The van der Waals surface area contributed by atoms with E-state index in [0.717, 1.165) is 0 Å². The molecule has 2 aromatic heterocycles. The fourth-order valence-electron chi connectivity index (χ4n) is 2.52. The van der Waals surface area contributed by atoms with Crippen LogP contribution in [0.4, 0.5) is 0 Å². The molecule has 3 rings (SSSR count). The predicted molar refractivity (Wildman–Crippen MR) is 104 cm³/mol. The Morgan fingerprint density at radius 3 is 2.68 bits per heavy atom. The highest BCUT2D eigenvalue weighted by atomic mass is 79.9. The molecule has 0 aliphatic heterocycles. The lowest BCUT2D eigenvalue weighted by Gasteiger charge is -2.04. The minimum absolute atomic E-state index is 0.129. The molecule has 1 aromatic carbocycles. The molecule has 0 saturated carbocycles. The van der Waals surface area contributed by atoms with Gasteiger partial charge in [-0.15, -0.1) is 0 Å². The summed E-state index contributed by atoms with van der Waals surface area (Å²) in [5, 5.41) is 0.504. The van der Waals surface area contributed by atoms with Crippen molar-refractivity contribution < 1.29 is 32.6 Å². The van der Waals surface area contributed by atoms with Gasteiger partial charge in [0.25, 0.3) is 0 Å². The van der Waals surface area contributed by atoms with Gasteiger partial charge in [0.2, 0.25) is 0 Å². The molecule has 0 fully saturated rings. The second-order valence-corrected chi connectivity index (χ2v) is 6.50. The lowest BCUT2D eigenvalue weighted by atomic mass is 10.1. The average molecular weight is 449 g/mol. The first-order chi connectivity index (χ1) is 13.5. The van der Waals surface area contributed by atoms with Crippen LogP contribution in [0.2, 0.25) is 0 Å². The van der Waals surface area contributed by atoms with Crippen molar-refractivity contribution in [3.05, 3.63) is 58.2 Å². The fraction of sp³-hybridized carbons (Fsp3) is 0.200. The molecule has 0 aliphatic rings. The zero-order valence-electron chi connectivity index (χ0n) is 15.2. The Bertz CT molecular complexity index is 1030. The number of rotatable bonds is 7. The van der Waals surface area contributed by atoms with Crippen LogP contribution in [0.3, 0.4) is 0 Å². The smallest absolute Gasteiger partial charge is 0.342 e. The van der Waals surface area contributed by atoms with Crippen LogP contribution >= 0.6 is 15.9 Å². The van der Waals surface area contributed by atoms with E-state index in [4.69, 9.17) is 23.0 Å². The van der Waals surface area contributed by atoms with Crippen LogP contribution < -0.4 is 4.74 Å². The Morgan fingerprint density at radius 2 is 1.96 bits per heavy atom. The number of halogens is 1. The number of furan rings is 2. The third-order valence-electron chi connectivity index (χ3n) is 3.76. The molecule has 7 nitrogen and oxygen atoms in total. The van der Waals surface area contributed by atoms with E-state index in [1.165, 1.54) is 19.3 Å². The maximum atomic E-state index is 12.3. The summed E-state index contributed by atoms with van der Waals surface area (Å²) in [5.74, 6) is 0.0842.